The van der Waals surface area contributed by atoms with Crippen molar-refractivity contribution in [2.24, 2.45) is 5.73 Å². The number of hydrogen-bond acceptors (Lipinski definition) is 4. The summed E-state index contributed by atoms with van der Waals surface area (Å²) >= 11 is 0. The Labute approximate surface area is 120 Å². The second-order valence-corrected chi connectivity index (χ2v) is 5.96. The molecule has 0 saturated carbocycles. The van der Waals surface area contributed by atoms with Crippen LogP contribution >= 0.6 is 0 Å². The Morgan fingerprint density at radius 3 is 2.65 bits per heavy atom. The van der Waals surface area contributed by atoms with Gasteiger partial charge in [0.1, 0.15) is 5.60 Å². The molecule has 0 bridgehead atoms. The lowest BCUT2D eigenvalue weighted by atomic mass is 10.2. The molecule has 1 aliphatic heterocycles. The molecule has 7 heteroatoms. The molecule has 0 spiro atoms. The zero-order chi connectivity index (χ0) is 15.2. The van der Waals surface area contributed by atoms with Gasteiger partial charge in [-0.2, -0.15) is 0 Å². The Hall–Kier alpha value is -1.50. The van der Waals surface area contributed by atoms with Crippen LogP contribution in [0.1, 0.15) is 33.6 Å². The van der Waals surface area contributed by atoms with Crippen molar-refractivity contribution in [2.75, 3.05) is 26.2 Å². The molecular formula is C13H26N4O3. The van der Waals surface area contributed by atoms with Gasteiger partial charge in [0.05, 0.1) is 0 Å². The minimum Gasteiger partial charge on any atom is -0.444 e. The quantitative estimate of drug-likeness (QED) is 0.646. The maximum atomic E-state index is 12.1. The number of primary amides is 1. The normalized spacial score (nSPS) is 18.9. The summed E-state index contributed by atoms with van der Waals surface area (Å²) in [6.07, 6.45) is 1.71. The Balaban J connectivity index is 2.30. The van der Waals surface area contributed by atoms with E-state index in [0.717, 1.165) is 19.4 Å². The number of likely N-dealkylation sites (tertiary alicyclic amines) is 1. The molecule has 0 radical (unpaired) electrons. The topological polar surface area (TPSA) is 96.7 Å². The van der Waals surface area contributed by atoms with Crippen molar-refractivity contribution < 1.29 is 14.3 Å². The second-order valence-electron chi connectivity index (χ2n) is 5.96. The number of carbonyl (C=O) groups is 2. The highest BCUT2D eigenvalue weighted by Crippen LogP contribution is 2.20. The number of ether oxygens (including phenoxy) is 1. The Bertz CT molecular complexity index is 341. The van der Waals surface area contributed by atoms with Gasteiger partial charge in [0.25, 0.3) is 0 Å². The zero-order valence-corrected chi connectivity index (χ0v) is 12.6. The molecule has 0 aromatic carbocycles. The van der Waals surface area contributed by atoms with Crippen LogP contribution in [0.2, 0.25) is 0 Å². The van der Waals surface area contributed by atoms with Crippen LogP contribution in [0.4, 0.5) is 9.59 Å². The number of nitrogens with one attached hydrogen (secondary N) is 2. The molecule has 1 rings (SSSR count). The summed E-state index contributed by atoms with van der Waals surface area (Å²) in [6, 6.07) is -0.374. The molecule has 4 N–H and O–H groups in total. The molecule has 1 atom stereocenters. The van der Waals surface area contributed by atoms with E-state index in [1.165, 1.54) is 0 Å². The van der Waals surface area contributed by atoms with Crippen LogP contribution in [-0.2, 0) is 4.74 Å². The fourth-order valence-electron chi connectivity index (χ4n) is 2.15. The molecule has 116 valence electrons. The summed E-state index contributed by atoms with van der Waals surface area (Å²) in [4.78, 5) is 24.3. The molecule has 1 saturated heterocycles. The number of amides is 3. The molecule has 20 heavy (non-hydrogen) atoms. The van der Waals surface area contributed by atoms with Gasteiger partial charge in [0, 0.05) is 32.2 Å². The predicted molar refractivity (Wildman–Crippen MR) is 76.4 cm³/mol. The average Bonchev–Trinajstić information content (AvgIpc) is 2.74. The first-order chi connectivity index (χ1) is 9.29. The molecule has 1 fully saturated rings. The molecule has 3 amide bonds. The van der Waals surface area contributed by atoms with Crippen LogP contribution in [0.15, 0.2) is 0 Å². The molecule has 0 aromatic heterocycles. The van der Waals surface area contributed by atoms with Crippen LogP contribution in [0.25, 0.3) is 0 Å². The Morgan fingerprint density at radius 1 is 1.35 bits per heavy atom. The van der Waals surface area contributed by atoms with Crippen molar-refractivity contribution >= 4 is 12.1 Å². The lowest BCUT2D eigenvalue weighted by molar-refractivity contribution is 0.0227. The van der Waals surface area contributed by atoms with E-state index in [0.29, 0.717) is 19.6 Å². The van der Waals surface area contributed by atoms with E-state index in [9.17, 15) is 9.59 Å². The lowest BCUT2D eigenvalue weighted by Gasteiger charge is -2.28. The van der Waals surface area contributed by atoms with Crippen LogP contribution in [-0.4, -0.2) is 54.8 Å². The van der Waals surface area contributed by atoms with Gasteiger partial charge >= 0.3 is 12.1 Å². The van der Waals surface area contributed by atoms with Crippen LogP contribution in [0, 0.1) is 0 Å². The van der Waals surface area contributed by atoms with Gasteiger partial charge in [0.2, 0.25) is 0 Å². The zero-order valence-electron chi connectivity index (χ0n) is 12.6. The van der Waals surface area contributed by atoms with Gasteiger partial charge in [-0.05, 0) is 33.6 Å². The summed E-state index contributed by atoms with van der Waals surface area (Å²) < 4.78 is 5.40. The van der Waals surface area contributed by atoms with E-state index in [-0.39, 0.29) is 12.1 Å². The van der Waals surface area contributed by atoms with E-state index in [4.69, 9.17) is 10.5 Å². The standard InChI is InChI=1S/C13H26N4O3/c1-13(2,3)20-12(19)17-8-4-5-10(17)9-15-6-7-16-11(14)18/h10,15H,4-9H2,1-3H3,(H3,14,16,18). The predicted octanol–water partition coefficient (Wildman–Crippen LogP) is 0.644. The third-order valence-corrected chi connectivity index (χ3v) is 2.99. The van der Waals surface area contributed by atoms with Gasteiger partial charge in [0.15, 0.2) is 0 Å². The lowest BCUT2D eigenvalue weighted by Crippen LogP contribution is -2.45. The minimum absolute atomic E-state index is 0.151. The van der Waals surface area contributed by atoms with E-state index in [1.54, 1.807) is 4.90 Å². The van der Waals surface area contributed by atoms with E-state index >= 15 is 0 Å². The van der Waals surface area contributed by atoms with E-state index in [2.05, 4.69) is 10.6 Å². The summed E-state index contributed by atoms with van der Waals surface area (Å²) in [5, 5.41) is 5.72. The van der Waals surface area contributed by atoms with Crippen LogP contribution in [0.5, 0.6) is 0 Å². The van der Waals surface area contributed by atoms with E-state index in [1.807, 2.05) is 20.8 Å². The fraction of sp³-hybridized carbons (Fsp3) is 0.846. The third-order valence-electron chi connectivity index (χ3n) is 2.99. The number of nitrogens with zero attached hydrogens (tertiary/aromatic N) is 1. The summed E-state index contributed by atoms with van der Waals surface area (Å²) in [5.74, 6) is 0. The number of nitrogens with two attached hydrogens (primary N) is 1. The summed E-state index contributed by atoms with van der Waals surface area (Å²) in [6.45, 7) is 8.13. The van der Waals surface area contributed by atoms with E-state index < -0.39 is 11.6 Å². The molecule has 1 heterocycles. The highest BCUT2D eigenvalue weighted by molar-refractivity contribution is 5.71. The Kier molecular flexibility index (Phi) is 6.06. The number of urea groups is 1. The van der Waals surface area contributed by atoms with Crippen molar-refractivity contribution in [3.05, 3.63) is 0 Å². The number of rotatable bonds is 5. The smallest absolute Gasteiger partial charge is 0.410 e. The highest BCUT2D eigenvalue weighted by Gasteiger charge is 2.31. The van der Waals surface area contributed by atoms with Crippen molar-refractivity contribution in [1.29, 1.82) is 0 Å². The molecule has 1 unspecified atom stereocenters. The first kappa shape index (κ1) is 16.6. The monoisotopic (exact) mass is 286 g/mol. The van der Waals surface area contributed by atoms with Crippen molar-refractivity contribution in [2.45, 2.75) is 45.3 Å². The molecule has 0 aliphatic carbocycles. The first-order valence-electron chi connectivity index (χ1n) is 7.03. The maximum absolute atomic E-state index is 12.1. The summed E-state index contributed by atoms with van der Waals surface area (Å²) in [5.41, 5.74) is 4.50. The van der Waals surface area contributed by atoms with Crippen LogP contribution in [0.3, 0.4) is 0 Å². The van der Waals surface area contributed by atoms with Crippen molar-refractivity contribution in [1.82, 2.24) is 15.5 Å². The maximum Gasteiger partial charge on any atom is 0.410 e. The summed E-state index contributed by atoms with van der Waals surface area (Å²) in [7, 11) is 0. The van der Waals surface area contributed by atoms with Gasteiger partial charge in [-0.15, -0.1) is 0 Å². The van der Waals surface area contributed by atoms with Gasteiger partial charge < -0.3 is 26.0 Å². The van der Waals surface area contributed by atoms with Crippen LogP contribution < -0.4 is 16.4 Å². The Morgan fingerprint density at radius 2 is 2.05 bits per heavy atom. The molecule has 7 nitrogen and oxygen atoms in total. The number of hydrogen-bond donors (Lipinski definition) is 3. The largest absolute Gasteiger partial charge is 0.444 e. The second kappa shape index (κ2) is 7.33. The average molecular weight is 286 g/mol. The molecule has 0 aromatic rings. The molecule has 1 aliphatic rings. The SMILES string of the molecule is CC(C)(C)OC(=O)N1CCCC1CNCCNC(N)=O. The van der Waals surface area contributed by atoms with Crippen molar-refractivity contribution in [3.8, 4) is 0 Å². The highest BCUT2D eigenvalue weighted by atomic mass is 16.6. The van der Waals surface area contributed by atoms with Gasteiger partial charge in [-0.25, -0.2) is 9.59 Å². The van der Waals surface area contributed by atoms with Gasteiger partial charge in [-0.1, -0.05) is 0 Å². The third kappa shape index (κ3) is 6.10. The molecular weight excluding hydrogens is 260 g/mol. The minimum atomic E-state index is -0.525. The first-order valence-corrected chi connectivity index (χ1v) is 7.03. The van der Waals surface area contributed by atoms with Crippen molar-refractivity contribution in [3.63, 3.8) is 0 Å². The number of carbonyl (C=O) groups excluding carboxylic acids is 2. The fourth-order valence-corrected chi connectivity index (χ4v) is 2.15. The van der Waals surface area contributed by atoms with Gasteiger partial charge in [-0.3, -0.25) is 0 Å².